The summed E-state index contributed by atoms with van der Waals surface area (Å²) in [6, 6.07) is 8.18. The summed E-state index contributed by atoms with van der Waals surface area (Å²) in [7, 11) is 0. The molecular formula is C14H15N3OS. The molecule has 0 spiro atoms. The third kappa shape index (κ3) is 2.26. The minimum Gasteiger partial charge on any atom is -0.307 e. The van der Waals surface area contributed by atoms with Crippen molar-refractivity contribution in [1.82, 2.24) is 9.59 Å². The molecule has 0 N–H and O–H groups in total. The highest BCUT2D eigenvalue weighted by Gasteiger charge is 2.25. The molecule has 0 radical (unpaired) electrons. The molecule has 0 fully saturated rings. The molecule has 0 unspecified atom stereocenters. The Morgan fingerprint density at radius 1 is 1.42 bits per heavy atom. The lowest BCUT2D eigenvalue weighted by molar-refractivity contribution is 0.0990. The van der Waals surface area contributed by atoms with E-state index in [1.807, 2.05) is 23.1 Å². The van der Waals surface area contributed by atoms with Gasteiger partial charge in [0, 0.05) is 12.2 Å². The number of benzene rings is 1. The lowest BCUT2D eigenvalue weighted by Crippen LogP contribution is -2.31. The quantitative estimate of drug-likeness (QED) is 0.802. The van der Waals surface area contributed by atoms with Crippen LogP contribution in [0.25, 0.3) is 0 Å². The van der Waals surface area contributed by atoms with Crippen LogP contribution in [0.1, 0.15) is 40.9 Å². The highest BCUT2D eigenvalue weighted by atomic mass is 32.1. The Kier molecular flexibility index (Phi) is 3.29. The number of hydrogen-bond donors (Lipinski definition) is 0. The summed E-state index contributed by atoms with van der Waals surface area (Å²) in [5, 5.41) is 3.75. The van der Waals surface area contributed by atoms with Crippen molar-refractivity contribution in [2.45, 2.75) is 25.7 Å². The number of aromatic nitrogens is 2. The number of para-hydroxylation sites is 1. The van der Waals surface area contributed by atoms with E-state index in [-0.39, 0.29) is 5.91 Å². The second-order valence-electron chi connectivity index (χ2n) is 4.84. The molecule has 4 nitrogen and oxygen atoms in total. The number of amides is 1. The molecule has 2 heterocycles. The fraction of sp³-hybridized carbons (Fsp3) is 0.357. The maximum absolute atomic E-state index is 12.5. The van der Waals surface area contributed by atoms with Gasteiger partial charge in [0.1, 0.15) is 4.88 Å². The Labute approximate surface area is 116 Å². The van der Waals surface area contributed by atoms with Gasteiger partial charge in [-0.1, -0.05) is 29.6 Å². The first-order chi connectivity index (χ1) is 9.27. The van der Waals surface area contributed by atoms with Crippen molar-refractivity contribution in [1.29, 1.82) is 0 Å². The van der Waals surface area contributed by atoms with Crippen molar-refractivity contribution in [3.63, 3.8) is 0 Å². The summed E-state index contributed by atoms with van der Waals surface area (Å²) in [5.41, 5.74) is 2.29. The van der Waals surface area contributed by atoms with Gasteiger partial charge in [-0.15, -0.1) is 5.10 Å². The Morgan fingerprint density at radius 3 is 3.05 bits per heavy atom. The predicted octanol–water partition coefficient (Wildman–Crippen LogP) is 3.08. The van der Waals surface area contributed by atoms with Gasteiger partial charge in [0.2, 0.25) is 0 Å². The Bertz CT molecular complexity index is 582. The molecule has 1 aliphatic rings. The van der Waals surface area contributed by atoms with Gasteiger partial charge >= 0.3 is 0 Å². The first kappa shape index (κ1) is 12.3. The van der Waals surface area contributed by atoms with E-state index < -0.39 is 0 Å². The van der Waals surface area contributed by atoms with Gasteiger partial charge in [0.15, 0.2) is 0 Å². The minimum atomic E-state index is 0.0107. The van der Waals surface area contributed by atoms with Crippen molar-refractivity contribution in [2.24, 2.45) is 0 Å². The lowest BCUT2D eigenvalue weighted by atomic mass is 9.96. The molecule has 3 rings (SSSR count). The molecule has 1 aliphatic heterocycles. The molecule has 1 amide bonds. The monoisotopic (exact) mass is 273 g/mol. The van der Waals surface area contributed by atoms with Gasteiger partial charge in [-0.25, -0.2) is 0 Å². The first-order valence-corrected chi connectivity index (χ1v) is 7.23. The lowest BCUT2D eigenvalue weighted by Gasteiger charge is -2.22. The summed E-state index contributed by atoms with van der Waals surface area (Å²) >= 11 is 1.15. The fourth-order valence-electron chi connectivity index (χ4n) is 2.59. The van der Waals surface area contributed by atoms with Crippen LogP contribution < -0.4 is 4.90 Å². The number of hydrogen-bond acceptors (Lipinski definition) is 4. The third-order valence-corrected chi connectivity index (χ3v) is 4.25. The normalized spacial score (nSPS) is 18.8. The minimum absolute atomic E-state index is 0.0107. The van der Waals surface area contributed by atoms with Gasteiger partial charge in [0.05, 0.1) is 6.20 Å². The molecule has 98 valence electrons. The molecule has 0 aliphatic carbocycles. The van der Waals surface area contributed by atoms with E-state index in [4.69, 9.17) is 0 Å². The van der Waals surface area contributed by atoms with Crippen LogP contribution in [0.4, 0.5) is 5.69 Å². The molecule has 0 saturated heterocycles. The van der Waals surface area contributed by atoms with Crippen molar-refractivity contribution in [2.75, 3.05) is 11.4 Å². The second-order valence-corrected chi connectivity index (χ2v) is 5.63. The van der Waals surface area contributed by atoms with E-state index in [1.54, 1.807) is 6.20 Å². The van der Waals surface area contributed by atoms with Crippen molar-refractivity contribution >= 4 is 23.1 Å². The van der Waals surface area contributed by atoms with Crippen LogP contribution in [-0.2, 0) is 0 Å². The van der Waals surface area contributed by atoms with Crippen LogP contribution in [-0.4, -0.2) is 22.0 Å². The van der Waals surface area contributed by atoms with Gasteiger partial charge in [-0.3, -0.25) is 4.79 Å². The van der Waals surface area contributed by atoms with Gasteiger partial charge in [0.25, 0.3) is 5.91 Å². The molecule has 5 heteroatoms. The number of rotatable bonds is 1. The summed E-state index contributed by atoms with van der Waals surface area (Å²) in [5.74, 6) is 0.505. The zero-order chi connectivity index (χ0) is 13.2. The molecule has 0 bridgehead atoms. The summed E-state index contributed by atoms with van der Waals surface area (Å²) in [4.78, 5) is 15.0. The van der Waals surface area contributed by atoms with E-state index in [0.29, 0.717) is 10.8 Å². The topological polar surface area (TPSA) is 46.1 Å². The molecular weight excluding hydrogens is 258 g/mol. The number of anilines is 1. The van der Waals surface area contributed by atoms with E-state index in [1.165, 1.54) is 5.56 Å². The van der Waals surface area contributed by atoms with Crippen LogP contribution in [0.3, 0.4) is 0 Å². The van der Waals surface area contributed by atoms with Crippen molar-refractivity contribution < 1.29 is 4.79 Å². The van der Waals surface area contributed by atoms with Gasteiger partial charge < -0.3 is 4.90 Å². The van der Waals surface area contributed by atoms with Crippen LogP contribution in [0.15, 0.2) is 30.5 Å². The van der Waals surface area contributed by atoms with E-state index >= 15 is 0 Å². The maximum Gasteiger partial charge on any atom is 0.271 e. The van der Waals surface area contributed by atoms with Crippen LogP contribution in [0, 0.1) is 0 Å². The SMILES string of the molecule is C[C@@H]1CCCN(C(=O)c2cnns2)c2ccccc21. The van der Waals surface area contributed by atoms with Crippen LogP contribution in [0.2, 0.25) is 0 Å². The van der Waals surface area contributed by atoms with Crippen molar-refractivity contribution in [3.8, 4) is 0 Å². The molecule has 1 atom stereocenters. The highest BCUT2D eigenvalue weighted by molar-refractivity contribution is 7.07. The van der Waals surface area contributed by atoms with Gasteiger partial charge in [-0.05, 0) is 41.9 Å². The van der Waals surface area contributed by atoms with E-state index in [0.717, 1.165) is 36.6 Å². The summed E-state index contributed by atoms with van der Waals surface area (Å²) < 4.78 is 3.78. The van der Waals surface area contributed by atoms with E-state index in [2.05, 4.69) is 22.6 Å². The number of carbonyl (C=O) groups is 1. The predicted molar refractivity (Wildman–Crippen MR) is 75.7 cm³/mol. The number of nitrogens with zero attached hydrogens (tertiary/aromatic N) is 3. The molecule has 1 aromatic carbocycles. The molecule has 1 aromatic heterocycles. The smallest absolute Gasteiger partial charge is 0.271 e. The summed E-state index contributed by atoms with van der Waals surface area (Å²) in [6.45, 7) is 2.99. The van der Waals surface area contributed by atoms with Crippen LogP contribution in [0.5, 0.6) is 0 Å². The maximum atomic E-state index is 12.5. The molecule has 2 aromatic rings. The van der Waals surface area contributed by atoms with Gasteiger partial charge in [-0.2, -0.15) is 0 Å². The molecule has 0 saturated carbocycles. The highest BCUT2D eigenvalue weighted by Crippen LogP contribution is 2.34. The summed E-state index contributed by atoms with van der Waals surface area (Å²) in [6.07, 6.45) is 3.68. The zero-order valence-corrected chi connectivity index (χ0v) is 11.6. The average molecular weight is 273 g/mol. The Morgan fingerprint density at radius 2 is 2.26 bits per heavy atom. The zero-order valence-electron chi connectivity index (χ0n) is 10.7. The second kappa shape index (κ2) is 5.09. The molecule has 19 heavy (non-hydrogen) atoms. The average Bonchev–Trinajstić information content (AvgIpc) is 2.91. The fourth-order valence-corrected chi connectivity index (χ4v) is 3.05. The van der Waals surface area contributed by atoms with E-state index in [9.17, 15) is 4.79 Å². The standard InChI is InChI=1S/C14H15N3OS/c1-10-5-4-8-17(12-7-3-2-6-11(10)12)14(18)13-9-15-16-19-13/h2-3,6-7,9-10H,4-5,8H2,1H3/t10-/m1/s1. The first-order valence-electron chi connectivity index (χ1n) is 6.45. The van der Waals surface area contributed by atoms with Crippen molar-refractivity contribution in [3.05, 3.63) is 40.9 Å². The number of carbonyl (C=O) groups excluding carboxylic acids is 1. The Balaban J connectivity index is 2.02. The van der Waals surface area contributed by atoms with Crippen LogP contribution >= 0.6 is 11.5 Å². The largest absolute Gasteiger partial charge is 0.307 e. The Hall–Kier alpha value is -1.75. The third-order valence-electron chi connectivity index (χ3n) is 3.59. The number of fused-ring (bicyclic) bond motifs is 1.